The van der Waals surface area contributed by atoms with Gasteiger partial charge in [-0.2, -0.15) is 0 Å². The molecule has 3 rings (SSSR count). The largest absolute Gasteiger partial charge is 0.331 e. The number of carbonyl (C=O) groups is 1. The normalized spacial score (nSPS) is 14.1. The molecule has 0 unspecified atom stereocenters. The monoisotopic (exact) mass is 269 g/mol. The van der Waals surface area contributed by atoms with Gasteiger partial charge in [-0.1, -0.05) is 30.3 Å². The van der Waals surface area contributed by atoms with E-state index in [1.807, 2.05) is 35.2 Å². The summed E-state index contributed by atoms with van der Waals surface area (Å²) in [6, 6.07) is 16.1. The van der Waals surface area contributed by atoms with Crippen LogP contribution in [0, 0.1) is 5.82 Å². The Labute approximate surface area is 117 Å². The zero-order chi connectivity index (χ0) is 13.9. The molecule has 0 bridgehead atoms. The first-order valence-corrected chi connectivity index (χ1v) is 6.84. The fourth-order valence-corrected chi connectivity index (χ4v) is 2.29. The SMILES string of the molecule is O=C(c1ccc(F)cc1)N(Cc1ccccc1)C1CC1. The molecule has 0 saturated heterocycles. The second-order valence-corrected chi connectivity index (χ2v) is 5.16. The van der Waals surface area contributed by atoms with E-state index in [4.69, 9.17) is 0 Å². The van der Waals surface area contributed by atoms with Crippen molar-refractivity contribution in [3.63, 3.8) is 0 Å². The summed E-state index contributed by atoms with van der Waals surface area (Å²) in [7, 11) is 0. The average molecular weight is 269 g/mol. The third kappa shape index (κ3) is 2.87. The van der Waals surface area contributed by atoms with Crippen molar-refractivity contribution in [2.45, 2.75) is 25.4 Å². The van der Waals surface area contributed by atoms with Gasteiger partial charge in [0.25, 0.3) is 5.91 Å². The Hall–Kier alpha value is -2.16. The molecule has 0 aromatic heterocycles. The van der Waals surface area contributed by atoms with E-state index in [1.54, 1.807) is 12.1 Å². The van der Waals surface area contributed by atoms with Gasteiger partial charge in [0, 0.05) is 18.2 Å². The van der Waals surface area contributed by atoms with Crippen molar-refractivity contribution >= 4 is 5.91 Å². The molecular formula is C17H16FNO. The van der Waals surface area contributed by atoms with Crippen LogP contribution in [0.15, 0.2) is 54.6 Å². The molecule has 0 N–H and O–H groups in total. The molecule has 0 atom stereocenters. The van der Waals surface area contributed by atoms with E-state index in [1.165, 1.54) is 12.1 Å². The molecule has 0 aliphatic heterocycles. The van der Waals surface area contributed by atoms with Gasteiger partial charge >= 0.3 is 0 Å². The molecule has 1 fully saturated rings. The van der Waals surface area contributed by atoms with Crippen molar-refractivity contribution in [1.29, 1.82) is 0 Å². The summed E-state index contributed by atoms with van der Waals surface area (Å²) >= 11 is 0. The molecule has 0 spiro atoms. The summed E-state index contributed by atoms with van der Waals surface area (Å²) in [4.78, 5) is 14.4. The first kappa shape index (κ1) is 12.9. The van der Waals surface area contributed by atoms with Gasteiger partial charge in [0.15, 0.2) is 0 Å². The van der Waals surface area contributed by atoms with Crippen molar-refractivity contribution in [2.24, 2.45) is 0 Å². The van der Waals surface area contributed by atoms with Crippen LogP contribution in [-0.2, 0) is 6.54 Å². The number of benzene rings is 2. The topological polar surface area (TPSA) is 20.3 Å². The van der Waals surface area contributed by atoms with E-state index in [0.29, 0.717) is 18.2 Å². The summed E-state index contributed by atoms with van der Waals surface area (Å²) in [5.74, 6) is -0.334. The third-order valence-electron chi connectivity index (χ3n) is 3.54. The van der Waals surface area contributed by atoms with Crippen LogP contribution < -0.4 is 0 Å². The fraction of sp³-hybridized carbons (Fsp3) is 0.235. The van der Waals surface area contributed by atoms with Crippen LogP contribution in [0.3, 0.4) is 0 Å². The van der Waals surface area contributed by atoms with Gasteiger partial charge in [0.2, 0.25) is 0 Å². The van der Waals surface area contributed by atoms with Gasteiger partial charge in [0.05, 0.1) is 0 Å². The van der Waals surface area contributed by atoms with E-state index < -0.39 is 0 Å². The lowest BCUT2D eigenvalue weighted by Gasteiger charge is -2.22. The number of hydrogen-bond donors (Lipinski definition) is 0. The number of rotatable bonds is 4. The second-order valence-electron chi connectivity index (χ2n) is 5.16. The number of halogens is 1. The van der Waals surface area contributed by atoms with Crippen molar-refractivity contribution in [1.82, 2.24) is 4.90 Å². The Morgan fingerprint density at radius 2 is 1.70 bits per heavy atom. The lowest BCUT2D eigenvalue weighted by molar-refractivity contribution is 0.0730. The highest BCUT2D eigenvalue weighted by atomic mass is 19.1. The van der Waals surface area contributed by atoms with Crippen LogP contribution in [0.1, 0.15) is 28.8 Å². The Bertz CT molecular complexity index is 590. The minimum atomic E-state index is -0.317. The lowest BCUT2D eigenvalue weighted by atomic mass is 10.1. The molecule has 1 saturated carbocycles. The van der Waals surface area contributed by atoms with Crippen LogP contribution in [0.25, 0.3) is 0 Å². The average Bonchev–Trinajstić information content (AvgIpc) is 3.30. The molecular weight excluding hydrogens is 253 g/mol. The highest BCUT2D eigenvalue weighted by molar-refractivity contribution is 5.94. The highest BCUT2D eigenvalue weighted by Gasteiger charge is 2.32. The molecule has 20 heavy (non-hydrogen) atoms. The smallest absolute Gasteiger partial charge is 0.254 e. The number of hydrogen-bond acceptors (Lipinski definition) is 1. The van der Waals surface area contributed by atoms with E-state index >= 15 is 0 Å². The quantitative estimate of drug-likeness (QED) is 0.830. The number of nitrogens with zero attached hydrogens (tertiary/aromatic N) is 1. The molecule has 1 aliphatic carbocycles. The maximum atomic E-state index is 12.9. The summed E-state index contributed by atoms with van der Waals surface area (Å²) < 4.78 is 12.9. The fourth-order valence-electron chi connectivity index (χ4n) is 2.29. The predicted octanol–water partition coefficient (Wildman–Crippen LogP) is 3.63. The zero-order valence-electron chi connectivity index (χ0n) is 11.1. The third-order valence-corrected chi connectivity index (χ3v) is 3.54. The Kier molecular flexibility index (Phi) is 3.50. The molecule has 0 heterocycles. The summed E-state index contributed by atoms with van der Waals surface area (Å²) in [6.45, 7) is 0.613. The highest BCUT2D eigenvalue weighted by Crippen LogP contribution is 2.29. The first-order valence-electron chi connectivity index (χ1n) is 6.84. The summed E-state index contributed by atoms with van der Waals surface area (Å²) in [6.07, 6.45) is 2.11. The van der Waals surface area contributed by atoms with Gasteiger partial charge in [0.1, 0.15) is 5.82 Å². The Morgan fingerprint density at radius 1 is 1.05 bits per heavy atom. The minimum absolute atomic E-state index is 0.0173. The van der Waals surface area contributed by atoms with Crippen molar-refractivity contribution < 1.29 is 9.18 Å². The molecule has 3 heteroatoms. The standard InChI is InChI=1S/C17H16FNO/c18-15-8-6-14(7-9-15)17(20)19(16-10-11-16)12-13-4-2-1-3-5-13/h1-9,16H,10-12H2. The van der Waals surface area contributed by atoms with Gasteiger partial charge in [-0.05, 0) is 42.7 Å². The molecule has 1 amide bonds. The van der Waals surface area contributed by atoms with E-state index in [0.717, 1.165) is 18.4 Å². The first-order chi connectivity index (χ1) is 9.74. The van der Waals surface area contributed by atoms with Gasteiger partial charge < -0.3 is 4.90 Å². The number of amides is 1. The second kappa shape index (κ2) is 5.45. The van der Waals surface area contributed by atoms with Crippen LogP contribution in [0.2, 0.25) is 0 Å². The van der Waals surface area contributed by atoms with Gasteiger partial charge in [-0.25, -0.2) is 4.39 Å². The van der Waals surface area contributed by atoms with Gasteiger partial charge in [-0.3, -0.25) is 4.79 Å². The van der Waals surface area contributed by atoms with E-state index in [2.05, 4.69) is 0 Å². The zero-order valence-corrected chi connectivity index (χ0v) is 11.1. The predicted molar refractivity (Wildman–Crippen MR) is 75.7 cm³/mol. The molecule has 1 aliphatic rings. The van der Waals surface area contributed by atoms with Crippen LogP contribution >= 0.6 is 0 Å². The molecule has 0 radical (unpaired) electrons. The van der Waals surface area contributed by atoms with Gasteiger partial charge in [-0.15, -0.1) is 0 Å². The van der Waals surface area contributed by atoms with Crippen LogP contribution in [0.4, 0.5) is 4.39 Å². The minimum Gasteiger partial charge on any atom is -0.331 e. The Morgan fingerprint density at radius 3 is 2.30 bits per heavy atom. The molecule has 102 valence electrons. The van der Waals surface area contributed by atoms with E-state index in [9.17, 15) is 9.18 Å². The maximum Gasteiger partial charge on any atom is 0.254 e. The number of carbonyl (C=O) groups excluding carboxylic acids is 1. The summed E-state index contributed by atoms with van der Waals surface area (Å²) in [5.41, 5.74) is 1.67. The maximum absolute atomic E-state index is 12.9. The molecule has 2 aromatic carbocycles. The lowest BCUT2D eigenvalue weighted by Crippen LogP contribution is -2.32. The molecule has 2 nitrogen and oxygen atoms in total. The summed E-state index contributed by atoms with van der Waals surface area (Å²) in [5, 5.41) is 0. The van der Waals surface area contributed by atoms with Crippen LogP contribution in [0.5, 0.6) is 0 Å². The van der Waals surface area contributed by atoms with Crippen LogP contribution in [-0.4, -0.2) is 16.8 Å². The van der Waals surface area contributed by atoms with Crippen molar-refractivity contribution in [3.05, 3.63) is 71.5 Å². The van der Waals surface area contributed by atoms with Crippen molar-refractivity contribution in [2.75, 3.05) is 0 Å². The van der Waals surface area contributed by atoms with E-state index in [-0.39, 0.29) is 11.7 Å². The van der Waals surface area contributed by atoms with Crippen molar-refractivity contribution in [3.8, 4) is 0 Å². The Balaban J connectivity index is 1.80. The molecule has 2 aromatic rings.